The number of rotatable bonds is 7. The topological polar surface area (TPSA) is 94.1 Å². The summed E-state index contributed by atoms with van der Waals surface area (Å²) in [7, 11) is -2.76. The van der Waals surface area contributed by atoms with E-state index in [2.05, 4.69) is 10.5 Å². The second-order valence-electron chi connectivity index (χ2n) is 6.09. The van der Waals surface area contributed by atoms with Gasteiger partial charge in [0.05, 0.1) is 18.3 Å². The first-order chi connectivity index (χ1) is 14.8. The standard InChI is InChI=1S/C21H16Cl2N2O5S/c1-29-19-12-14(13-24-25-21(26)15-7-9-16(22)10-8-15)11-18(23)20(19)30-31(27,28)17-5-3-2-4-6-17/h2-13H,1H3,(H,25,26)/b24-13-. The fourth-order valence-electron chi connectivity index (χ4n) is 2.47. The summed E-state index contributed by atoms with van der Waals surface area (Å²) < 4.78 is 35.4. The number of hydrogen-bond donors (Lipinski definition) is 1. The number of carbonyl (C=O) groups excluding carboxylic acids is 1. The molecule has 160 valence electrons. The van der Waals surface area contributed by atoms with Gasteiger partial charge in [-0.25, -0.2) is 5.43 Å². The Bertz CT molecular complexity index is 1210. The van der Waals surface area contributed by atoms with E-state index >= 15 is 0 Å². The van der Waals surface area contributed by atoms with Crippen LogP contribution in [-0.4, -0.2) is 27.6 Å². The lowest BCUT2D eigenvalue weighted by atomic mass is 10.2. The molecule has 0 aliphatic carbocycles. The van der Waals surface area contributed by atoms with Crippen molar-refractivity contribution in [2.45, 2.75) is 4.90 Å². The number of hydrazone groups is 1. The van der Waals surface area contributed by atoms with Gasteiger partial charge in [-0.3, -0.25) is 4.79 Å². The largest absolute Gasteiger partial charge is 0.493 e. The van der Waals surface area contributed by atoms with Crippen LogP contribution in [0.15, 0.2) is 76.7 Å². The number of ether oxygens (including phenoxy) is 1. The minimum Gasteiger partial charge on any atom is -0.493 e. The molecule has 0 atom stereocenters. The molecule has 0 fully saturated rings. The summed E-state index contributed by atoms with van der Waals surface area (Å²) in [5.74, 6) is -0.507. The van der Waals surface area contributed by atoms with Gasteiger partial charge in [0, 0.05) is 10.6 Å². The number of carbonyl (C=O) groups is 1. The zero-order valence-electron chi connectivity index (χ0n) is 16.1. The van der Waals surface area contributed by atoms with Gasteiger partial charge in [-0.2, -0.15) is 13.5 Å². The molecule has 0 aliphatic heterocycles. The minimum absolute atomic E-state index is 0.00988. The molecule has 0 aromatic heterocycles. The van der Waals surface area contributed by atoms with Gasteiger partial charge >= 0.3 is 10.1 Å². The van der Waals surface area contributed by atoms with Crippen LogP contribution in [0.2, 0.25) is 10.0 Å². The third-order valence-electron chi connectivity index (χ3n) is 3.96. The molecule has 0 aliphatic rings. The fraction of sp³-hybridized carbons (Fsp3) is 0.0476. The van der Waals surface area contributed by atoms with Gasteiger partial charge in [-0.15, -0.1) is 0 Å². The first-order valence-corrected chi connectivity index (χ1v) is 10.9. The van der Waals surface area contributed by atoms with Gasteiger partial charge in [-0.1, -0.05) is 41.4 Å². The predicted octanol–water partition coefficient (Wildman–Crippen LogP) is 4.53. The van der Waals surface area contributed by atoms with Crippen molar-refractivity contribution in [2.24, 2.45) is 5.10 Å². The van der Waals surface area contributed by atoms with Crippen LogP contribution >= 0.6 is 23.2 Å². The Balaban J connectivity index is 1.78. The lowest BCUT2D eigenvalue weighted by Crippen LogP contribution is -2.17. The molecule has 0 unspecified atom stereocenters. The van der Waals surface area contributed by atoms with Crippen molar-refractivity contribution in [3.05, 3.63) is 87.9 Å². The summed E-state index contributed by atoms with van der Waals surface area (Å²) in [6, 6.07) is 16.9. The summed E-state index contributed by atoms with van der Waals surface area (Å²) in [4.78, 5) is 12.1. The van der Waals surface area contributed by atoms with E-state index in [0.717, 1.165) is 0 Å². The summed E-state index contributed by atoms with van der Waals surface area (Å²) >= 11 is 12.0. The summed E-state index contributed by atoms with van der Waals surface area (Å²) in [5, 5.41) is 4.38. The van der Waals surface area contributed by atoms with Crippen molar-refractivity contribution in [1.82, 2.24) is 5.43 Å². The number of benzene rings is 3. The van der Waals surface area contributed by atoms with Crippen molar-refractivity contribution < 1.29 is 22.1 Å². The highest BCUT2D eigenvalue weighted by molar-refractivity contribution is 7.87. The highest BCUT2D eigenvalue weighted by Crippen LogP contribution is 2.37. The lowest BCUT2D eigenvalue weighted by Gasteiger charge is -2.13. The minimum atomic E-state index is -4.11. The van der Waals surface area contributed by atoms with E-state index in [1.807, 2.05) is 0 Å². The van der Waals surface area contributed by atoms with Gasteiger partial charge in [0.1, 0.15) is 4.90 Å². The van der Waals surface area contributed by atoms with E-state index in [1.54, 1.807) is 42.5 Å². The van der Waals surface area contributed by atoms with Gasteiger partial charge in [-0.05, 0) is 54.1 Å². The second-order valence-corrected chi connectivity index (χ2v) is 8.48. The van der Waals surface area contributed by atoms with E-state index < -0.39 is 16.0 Å². The Hall–Kier alpha value is -3.07. The molecule has 0 bridgehead atoms. The van der Waals surface area contributed by atoms with Crippen LogP contribution in [0, 0.1) is 0 Å². The van der Waals surface area contributed by atoms with E-state index in [1.165, 1.54) is 37.6 Å². The zero-order valence-corrected chi connectivity index (χ0v) is 18.4. The summed E-state index contributed by atoms with van der Waals surface area (Å²) in [6.07, 6.45) is 1.33. The Morgan fingerprint density at radius 3 is 2.35 bits per heavy atom. The zero-order chi connectivity index (χ0) is 22.4. The SMILES string of the molecule is COc1cc(/C=N\NC(=O)c2ccc(Cl)cc2)cc(Cl)c1OS(=O)(=O)c1ccccc1. The van der Waals surface area contributed by atoms with Crippen molar-refractivity contribution in [3.8, 4) is 11.5 Å². The van der Waals surface area contributed by atoms with Gasteiger partial charge < -0.3 is 8.92 Å². The van der Waals surface area contributed by atoms with Crippen LogP contribution in [0.5, 0.6) is 11.5 Å². The van der Waals surface area contributed by atoms with Gasteiger partial charge in [0.15, 0.2) is 5.75 Å². The van der Waals surface area contributed by atoms with Crippen molar-refractivity contribution >= 4 is 45.4 Å². The summed E-state index contributed by atoms with van der Waals surface area (Å²) in [5.41, 5.74) is 3.20. The Morgan fingerprint density at radius 1 is 1.03 bits per heavy atom. The van der Waals surface area contributed by atoms with Crippen molar-refractivity contribution in [3.63, 3.8) is 0 Å². The first-order valence-electron chi connectivity index (χ1n) is 8.76. The number of methoxy groups -OCH3 is 1. The van der Waals surface area contributed by atoms with Gasteiger partial charge in [0.25, 0.3) is 5.91 Å². The lowest BCUT2D eigenvalue weighted by molar-refractivity contribution is 0.0955. The molecule has 7 nitrogen and oxygen atoms in total. The van der Waals surface area contributed by atoms with Crippen LogP contribution in [0.4, 0.5) is 0 Å². The molecule has 1 amide bonds. The molecule has 0 heterocycles. The predicted molar refractivity (Wildman–Crippen MR) is 119 cm³/mol. The van der Waals surface area contributed by atoms with Crippen LogP contribution < -0.4 is 14.3 Å². The number of halogens is 2. The molecular formula is C21H16Cl2N2O5S. The number of nitrogens with zero attached hydrogens (tertiary/aromatic N) is 1. The van der Waals surface area contributed by atoms with Crippen LogP contribution in [0.25, 0.3) is 0 Å². The second kappa shape index (κ2) is 9.82. The normalized spacial score (nSPS) is 11.3. The maximum atomic E-state index is 12.5. The quantitative estimate of drug-likeness (QED) is 0.305. The first kappa shape index (κ1) is 22.6. The smallest absolute Gasteiger partial charge is 0.339 e. The van der Waals surface area contributed by atoms with Crippen LogP contribution in [-0.2, 0) is 10.1 Å². The average molecular weight is 479 g/mol. The monoisotopic (exact) mass is 478 g/mol. The number of nitrogens with one attached hydrogen (secondary N) is 1. The fourth-order valence-corrected chi connectivity index (χ4v) is 3.88. The Kier molecular flexibility index (Phi) is 7.17. The molecule has 0 saturated carbocycles. The molecule has 1 N–H and O–H groups in total. The number of amides is 1. The molecule has 0 spiro atoms. The number of hydrogen-bond acceptors (Lipinski definition) is 6. The van der Waals surface area contributed by atoms with Crippen molar-refractivity contribution in [1.29, 1.82) is 0 Å². The molecule has 3 aromatic rings. The molecule has 10 heteroatoms. The highest BCUT2D eigenvalue weighted by atomic mass is 35.5. The Labute approximate surface area is 189 Å². The van der Waals surface area contributed by atoms with Crippen LogP contribution in [0.1, 0.15) is 15.9 Å². The van der Waals surface area contributed by atoms with E-state index in [0.29, 0.717) is 16.1 Å². The molecule has 0 saturated heterocycles. The third kappa shape index (κ3) is 5.75. The maximum Gasteiger partial charge on any atom is 0.339 e. The summed E-state index contributed by atoms with van der Waals surface area (Å²) in [6.45, 7) is 0. The molecule has 0 radical (unpaired) electrons. The Morgan fingerprint density at radius 2 is 1.71 bits per heavy atom. The molecule has 3 rings (SSSR count). The maximum absolute atomic E-state index is 12.5. The van der Waals surface area contributed by atoms with E-state index in [-0.39, 0.29) is 21.4 Å². The van der Waals surface area contributed by atoms with E-state index in [9.17, 15) is 13.2 Å². The molecule has 31 heavy (non-hydrogen) atoms. The van der Waals surface area contributed by atoms with Crippen LogP contribution in [0.3, 0.4) is 0 Å². The van der Waals surface area contributed by atoms with Crippen molar-refractivity contribution in [2.75, 3.05) is 7.11 Å². The molecule has 3 aromatic carbocycles. The van der Waals surface area contributed by atoms with Gasteiger partial charge in [0.2, 0.25) is 5.75 Å². The van der Waals surface area contributed by atoms with E-state index in [4.69, 9.17) is 32.1 Å². The third-order valence-corrected chi connectivity index (χ3v) is 5.73. The highest BCUT2D eigenvalue weighted by Gasteiger charge is 2.21. The molecular weight excluding hydrogens is 463 g/mol. The average Bonchev–Trinajstić information content (AvgIpc) is 2.76.